The molecule has 2 rings (SSSR count). The summed E-state index contributed by atoms with van der Waals surface area (Å²) in [5.41, 5.74) is 0.939. The van der Waals surface area contributed by atoms with Crippen LogP contribution in [0.3, 0.4) is 0 Å². The molecule has 0 aromatic heterocycles. The maximum absolute atomic E-state index is 13.1. The Kier molecular flexibility index (Phi) is 5.79. The molecule has 1 aromatic carbocycles. The first kappa shape index (κ1) is 17.9. The third-order valence-corrected chi connectivity index (χ3v) is 5.89. The molecule has 0 saturated carbocycles. The molecular weight excluding hydrogens is 317 g/mol. The summed E-state index contributed by atoms with van der Waals surface area (Å²) in [5.74, 6) is 0.160. The predicted molar refractivity (Wildman–Crippen MR) is 88.4 cm³/mol. The van der Waals surface area contributed by atoms with Gasteiger partial charge in [0.1, 0.15) is 5.82 Å². The van der Waals surface area contributed by atoms with Crippen LogP contribution >= 0.6 is 0 Å². The van der Waals surface area contributed by atoms with Crippen LogP contribution in [0.4, 0.5) is 4.39 Å². The summed E-state index contributed by atoms with van der Waals surface area (Å²) >= 11 is 0. The standard InChI is InChI=1S/C17H24FNO3S/c1-12(2)9-14(13-3-5-15(18)6-4-13)10-17(20)19-16-7-8-23(21,22)11-16/h3-6,12,14,16H,7-11H2,1-2H3,(H,19,20). The molecule has 0 bridgehead atoms. The lowest BCUT2D eigenvalue weighted by molar-refractivity contribution is -0.122. The van der Waals surface area contributed by atoms with E-state index in [-0.39, 0.29) is 35.2 Å². The van der Waals surface area contributed by atoms with Crippen molar-refractivity contribution in [1.82, 2.24) is 5.32 Å². The highest BCUT2D eigenvalue weighted by Gasteiger charge is 2.29. The van der Waals surface area contributed by atoms with Crippen molar-refractivity contribution in [2.24, 2.45) is 5.92 Å². The van der Waals surface area contributed by atoms with E-state index in [1.54, 1.807) is 12.1 Å². The number of nitrogens with one attached hydrogen (secondary N) is 1. The van der Waals surface area contributed by atoms with E-state index in [0.29, 0.717) is 18.8 Å². The van der Waals surface area contributed by atoms with E-state index in [0.717, 1.165) is 12.0 Å². The van der Waals surface area contributed by atoms with Crippen LogP contribution in [0.5, 0.6) is 0 Å². The molecule has 1 amide bonds. The van der Waals surface area contributed by atoms with E-state index >= 15 is 0 Å². The first-order valence-electron chi connectivity index (χ1n) is 8.00. The average Bonchev–Trinajstić information content (AvgIpc) is 2.77. The summed E-state index contributed by atoms with van der Waals surface area (Å²) in [4.78, 5) is 12.3. The van der Waals surface area contributed by atoms with E-state index in [1.807, 2.05) is 0 Å². The molecule has 0 aliphatic carbocycles. The summed E-state index contributed by atoms with van der Waals surface area (Å²) in [6.07, 6.45) is 1.60. The lowest BCUT2D eigenvalue weighted by Crippen LogP contribution is -2.36. The summed E-state index contributed by atoms with van der Waals surface area (Å²) in [6, 6.07) is 5.97. The molecule has 1 aliphatic heterocycles. The molecule has 23 heavy (non-hydrogen) atoms. The second kappa shape index (κ2) is 7.43. The molecule has 1 saturated heterocycles. The Balaban J connectivity index is 1.99. The fraction of sp³-hybridized carbons (Fsp3) is 0.588. The minimum absolute atomic E-state index is 0.00797. The largest absolute Gasteiger partial charge is 0.352 e. The van der Waals surface area contributed by atoms with Gasteiger partial charge in [-0.3, -0.25) is 4.79 Å². The van der Waals surface area contributed by atoms with Gasteiger partial charge < -0.3 is 5.32 Å². The lowest BCUT2D eigenvalue weighted by Gasteiger charge is -2.20. The Labute approximate surface area is 137 Å². The summed E-state index contributed by atoms with van der Waals surface area (Å²) < 4.78 is 36.0. The van der Waals surface area contributed by atoms with Gasteiger partial charge in [-0.05, 0) is 42.4 Å². The summed E-state index contributed by atoms with van der Waals surface area (Å²) in [5, 5.41) is 2.83. The van der Waals surface area contributed by atoms with Gasteiger partial charge in [-0.2, -0.15) is 0 Å². The van der Waals surface area contributed by atoms with Gasteiger partial charge in [-0.1, -0.05) is 26.0 Å². The topological polar surface area (TPSA) is 63.2 Å². The third-order valence-electron chi connectivity index (χ3n) is 4.13. The second-order valence-electron chi connectivity index (χ2n) is 6.75. The molecule has 1 heterocycles. The summed E-state index contributed by atoms with van der Waals surface area (Å²) in [6.45, 7) is 4.16. The van der Waals surface area contributed by atoms with Crippen molar-refractivity contribution in [3.8, 4) is 0 Å². The first-order valence-corrected chi connectivity index (χ1v) is 9.82. The van der Waals surface area contributed by atoms with Crippen LogP contribution < -0.4 is 5.32 Å². The van der Waals surface area contributed by atoms with Crippen molar-refractivity contribution in [3.05, 3.63) is 35.6 Å². The molecule has 6 heteroatoms. The van der Waals surface area contributed by atoms with Crippen LogP contribution in [0.25, 0.3) is 0 Å². The van der Waals surface area contributed by atoms with Gasteiger partial charge in [0.15, 0.2) is 9.84 Å². The van der Waals surface area contributed by atoms with Gasteiger partial charge in [-0.15, -0.1) is 0 Å². The minimum atomic E-state index is -3.00. The van der Waals surface area contributed by atoms with Crippen molar-refractivity contribution < 1.29 is 17.6 Å². The smallest absolute Gasteiger partial charge is 0.220 e. The normalized spacial score (nSPS) is 21.3. The van der Waals surface area contributed by atoms with Gasteiger partial charge in [-0.25, -0.2) is 12.8 Å². The number of rotatable bonds is 6. The van der Waals surface area contributed by atoms with Crippen molar-refractivity contribution in [2.75, 3.05) is 11.5 Å². The highest BCUT2D eigenvalue weighted by atomic mass is 32.2. The zero-order valence-corrected chi connectivity index (χ0v) is 14.4. The van der Waals surface area contributed by atoms with Crippen molar-refractivity contribution in [1.29, 1.82) is 0 Å². The minimum Gasteiger partial charge on any atom is -0.352 e. The van der Waals surface area contributed by atoms with Crippen LogP contribution in [0.15, 0.2) is 24.3 Å². The van der Waals surface area contributed by atoms with Crippen molar-refractivity contribution >= 4 is 15.7 Å². The van der Waals surface area contributed by atoms with E-state index in [9.17, 15) is 17.6 Å². The number of sulfone groups is 1. The number of halogens is 1. The monoisotopic (exact) mass is 341 g/mol. The molecule has 1 N–H and O–H groups in total. The Morgan fingerprint density at radius 1 is 1.30 bits per heavy atom. The van der Waals surface area contributed by atoms with Crippen LogP contribution in [0.2, 0.25) is 0 Å². The van der Waals surface area contributed by atoms with Crippen molar-refractivity contribution in [3.63, 3.8) is 0 Å². The van der Waals surface area contributed by atoms with E-state index in [2.05, 4.69) is 19.2 Å². The maximum Gasteiger partial charge on any atom is 0.220 e. The number of hydrogen-bond acceptors (Lipinski definition) is 3. The number of benzene rings is 1. The lowest BCUT2D eigenvalue weighted by atomic mass is 9.87. The van der Waals surface area contributed by atoms with Gasteiger partial charge in [0.2, 0.25) is 5.91 Å². The van der Waals surface area contributed by atoms with E-state index in [1.165, 1.54) is 12.1 Å². The molecule has 0 spiro atoms. The second-order valence-corrected chi connectivity index (χ2v) is 8.98. The Morgan fingerprint density at radius 2 is 1.96 bits per heavy atom. The van der Waals surface area contributed by atoms with Gasteiger partial charge >= 0.3 is 0 Å². The van der Waals surface area contributed by atoms with Crippen molar-refractivity contribution in [2.45, 2.75) is 45.1 Å². The molecule has 2 unspecified atom stereocenters. The highest BCUT2D eigenvalue weighted by Crippen LogP contribution is 2.27. The number of carbonyl (C=O) groups is 1. The van der Waals surface area contributed by atoms with Crippen LogP contribution in [-0.4, -0.2) is 31.9 Å². The number of hydrogen-bond donors (Lipinski definition) is 1. The zero-order valence-electron chi connectivity index (χ0n) is 13.6. The molecular formula is C17H24FNO3S. The highest BCUT2D eigenvalue weighted by molar-refractivity contribution is 7.91. The molecule has 4 nitrogen and oxygen atoms in total. The van der Waals surface area contributed by atoms with Crippen LogP contribution in [-0.2, 0) is 14.6 Å². The quantitative estimate of drug-likeness (QED) is 0.865. The SMILES string of the molecule is CC(C)CC(CC(=O)NC1CCS(=O)(=O)C1)c1ccc(F)cc1. The average molecular weight is 341 g/mol. The Morgan fingerprint density at radius 3 is 2.48 bits per heavy atom. The van der Waals surface area contributed by atoms with Crippen LogP contribution in [0.1, 0.15) is 44.6 Å². The van der Waals surface area contributed by atoms with E-state index < -0.39 is 9.84 Å². The molecule has 1 aliphatic rings. The molecule has 1 aromatic rings. The van der Waals surface area contributed by atoms with Gasteiger partial charge in [0.25, 0.3) is 0 Å². The van der Waals surface area contributed by atoms with Gasteiger partial charge in [0, 0.05) is 12.5 Å². The van der Waals surface area contributed by atoms with Crippen LogP contribution in [0, 0.1) is 11.7 Å². The number of carbonyl (C=O) groups excluding carboxylic acids is 1. The fourth-order valence-corrected chi connectivity index (χ4v) is 4.73. The zero-order chi connectivity index (χ0) is 17.0. The van der Waals surface area contributed by atoms with Gasteiger partial charge in [0.05, 0.1) is 11.5 Å². The number of amides is 1. The third kappa shape index (κ3) is 5.61. The predicted octanol–water partition coefficient (Wildman–Crippen LogP) is 2.65. The van der Waals surface area contributed by atoms with E-state index in [4.69, 9.17) is 0 Å². The molecule has 2 atom stereocenters. The fourth-order valence-electron chi connectivity index (χ4n) is 3.06. The first-order chi connectivity index (χ1) is 10.7. The molecule has 128 valence electrons. The Hall–Kier alpha value is -1.43. The summed E-state index contributed by atoms with van der Waals surface area (Å²) in [7, 11) is -3.00. The molecule has 0 radical (unpaired) electrons. The maximum atomic E-state index is 13.1. The molecule has 1 fully saturated rings. The Bertz CT molecular complexity index is 640.